The third kappa shape index (κ3) is 7.42. The van der Waals surface area contributed by atoms with Crippen molar-refractivity contribution < 1.29 is 9.59 Å². The minimum absolute atomic E-state index is 0.0632. The summed E-state index contributed by atoms with van der Waals surface area (Å²) in [6.07, 6.45) is 3.62. The average molecular weight is 449 g/mol. The lowest BCUT2D eigenvalue weighted by molar-refractivity contribution is -0.118. The van der Waals surface area contributed by atoms with Crippen molar-refractivity contribution in [2.75, 3.05) is 5.32 Å². The standard InChI is InChI=1S/C25H28N4O2S/c1-18(2)23(29-25(31)27-16-19-7-4-3-5-8-19)24(30)28-21-10-12-22(13-11-21)32-17-20-9-6-14-26-15-20/h3-15,18,23H,16-17H2,1-2H3,(H,28,30)(H2,27,29,31). The highest BCUT2D eigenvalue weighted by Crippen LogP contribution is 2.24. The summed E-state index contributed by atoms with van der Waals surface area (Å²) in [7, 11) is 0. The van der Waals surface area contributed by atoms with Gasteiger partial charge in [-0.3, -0.25) is 9.78 Å². The van der Waals surface area contributed by atoms with Crippen LogP contribution in [0.5, 0.6) is 0 Å². The van der Waals surface area contributed by atoms with Gasteiger partial charge in [-0.15, -0.1) is 11.8 Å². The van der Waals surface area contributed by atoms with Gasteiger partial charge in [-0.05, 0) is 47.4 Å². The van der Waals surface area contributed by atoms with Crippen LogP contribution in [0, 0.1) is 5.92 Å². The maximum Gasteiger partial charge on any atom is 0.315 e. The van der Waals surface area contributed by atoms with E-state index in [-0.39, 0.29) is 17.9 Å². The number of hydrogen-bond acceptors (Lipinski definition) is 4. The number of nitrogens with zero attached hydrogens (tertiary/aromatic N) is 1. The van der Waals surface area contributed by atoms with E-state index in [1.807, 2.05) is 86.8 Å². The van der Waals surface area contributed by atoms with Crippen LogP contribution in [0.1, 0.15) is 25.0 Å². The number of hydrogen-bond donors (Lipinski definition) is 3. The van der Waals surface area contributed by atoms with E-state index in [1.165, 1.54) is 0 Å². The lowest BCUT2D eigenvalue weighted by Gasteiger charge is -2.22. The smallest absolute Gasteiger partial charge is 0.315 e. The van der Waals surface area contributed by atoms with Crippen molar-refractivity contribution in [2.24, 2.45) is 5.92 Å². The molecule has 3 aromatic rings. The predicted molar refractivity (Wildman–Crippen MR) is 129 cm³/mol. The van der Waals surface area contributed by atoms with Crippen LogP contribution in [-0.4, -0.2) is 23.0 Å². The second kappa shape index (κ2) is 11.9. The Labute approximate surface area is 193 Å². The van der Waals surface area contributed by atoms with Crippen molar-refractivity contribution in [2.45, 2.75) is 37.1 Å². The highest BCUT2D eigenvalue weighted by Gasteiger charge is 2.24. The maximum absolute atomic E-state index is 12.8. The Morgan fingerprint density at radius 1 is 0.938 bits per heavy atom. The molecule has 0 spiro atoms. The van der Waals surface area contributed by atoms with Crippen LogP contribution >= 0.6 is 11.8 Å². The van der Waals surface area contributed by atoms with Crippen LogP contribution < -0.4 is 16.0 Å². The van der Waals surface area contributed by atoms with Crippen LogP contribution in [-0.2, 0) is 17.1 Å². The van der Waals surface area contributed by atoms with Crippen LogP contribution in [0.4, 0.5) is 10.5 Å². The molecule has 2 aromatic carbocycles. The third-order valence-electron chi connectivity index (χ3n) is 4.78. The predicted octanol–water partition coefficient (Wildman–Crippen LogP) is 4.84. The number of carbonyl (C=O) groups excluding carboxylic acids is 2. The molecule has 1 aromatic heterocycles. The summed E-state index contributed by atoms with van der Waals surface area (Å²) in [5.74, 6) is 0.522. The van der Waals surface area contributed by atoms with Gasteiger partial charge in [0.1, 0.15) is 6.04 Å². The van der Waals surface area contributed by atoms with Gasteiger partial charge in [0, 0.05) is 35.3 Å². The molecule has 3 rings (SSSR count). The number of pyridine rings is 1. The molecular weight excluding hydrogens is 420 g/mol. The van der Waals surface area contributed by atoms with Gasteiger partial charge >= 0.3 is 6.03 Å². The molecule has 3 amide bonds. The van der Waals surface area contributed by atoms with Gasteiger partial charge < -0.3 is 16.0 Å². The summed E-state index contributed by atoms with van der Waals surface area (Å²) in [5.41, 5.74) is 2.85. The van der Waals surface area contributed by atoms with E-state index >= 15 is 0 Å². The van der Waals surface area contributed by atoms with Gasteiger partial charge in [-0.25, -0.2) is 4.79 Å². The van der Waals surface area contributed by atoms with Crippen LogP contribution in [0.15, 0.2) is 84.0 Å². The molecule has 3 N–H and O–H groups in total. The Morgan fingerprint density at radius 3 is 2.31 bits per heavy atom. The molecule has 0 saturated heterocycles. The summed E-state index contributed by atoms with van der Waals surface area (Å²) in [6.45, 7) is 4.21. The number of urea groups is 1. The van der Waals surface area contributed by atoms with Gasteiger partial charge in [0.15, 0.2) is 0 Å². The number of benzene rings is 2. The van der Waals surface area contributed by atoms with E-state index < -0.39 is 6.04 Å². The molecule has 32 heavy (non-hydrogen) atoms. The SMILES string of the molecule is CC(C)C(NC(=O)NCc1ccccc1)C(=O)Nc1ccc(SCc2cccnc2)cc1. The Hall–Kier alpha value is -3.32. The quantitative estimate of drug-likeness (QED) is 0.409. The molecule has 6 nitrogen and oxygen atoms in total. The molecule has 0 bridgehead atoms. The minimum atomic E-state index is -0.648. The van der Waals surface area contributed by atoms with Crippen LogP contribution in [0.2, 0.25) is 0 Å². The van der Waals surface area contributed by atoms with Crippen molar-refractivity contribution in [1.29, 1.82) is 0 Å². The number of anilines is 1. The van der Waals surface area contributed by atoms with E-state index in [1.54, 1.807) is 18.0 Å². The zero-order chi connectivity index (χ0) is 22.8. The summed E-state index contributed by atoms with van der Waals surface area (Å²) < 4.78 is 0. The second-order valence-corrected chi connectivity index (χ2v) is 8.75. The fourth-order valence-electron chi connectivity index (χ4n) is 3.01. The molecule has 0 aliphatic heterocycles. The number of nitrogens with one attached hydrogen (secondary N) is 3. The summed E-state index contributed by atoms with van der Waals surface area (Å²) >= 11 is 1.71. The highest BCUT2D eigenvalue weighted by molar-refractivity contribution is 7.98. The van der Waals surface area contributed by atoms with Crippen LogP contribution in [0.3, 0.4) is 0 Å². The van der Waals surface area contributed by atoms with Gasteiger partial charge in [0.25, 0.3) is 0 Å². The average Bonchev–Trinajstić information content (AvgIpc) is 2.82. The Bertz CT molecular complexity index is 995. The first-order chi connectivity index (χ1) is 15.5. The molecule has 1 atom stereocenters. The molecule has 0 fully saturated rings. The lowest BCUT2D eigenvalue weighted by atomic mass is 10.0. The molecule has 0 saturated carbocycles. The van der Waals surface area contributed by atoms with Crippen molar-refractivity contribution in [3.05, 3.63) is 90.3 Å². The largest absolute Gasteiger partial charge is 0.334 e. The fourth-order valence-corrected chi connectivity index (χ4v) is 3.84. The zero-order valence-electron chi connectivity index (χ0n) is 18.2. The molecule has 0 radical (unpaired) electrons. The summed E-state index contributed by atoms with van der Waals surface area (Å²) in [6, 6.07) is 20.3. The van der Waals surface area contributed by atoms with Crippen molar-refractivity contribution in [3.63, 3.8) is 0 Å². The van der Waals surface area contributed by atoms with Gasteiger partial charge in [-0.2, -0.15) is 0 Å². The fraction of sp³-hybridized carbons (Fsp3) is 0.240. The number of thioether (sulfide) groups is 1. The second-order valence-electron chi connectivity index (χ2n) is 7.70. The molecule has 0 aliphatic carbocycles. The topological polar surface area (TPSA) is 83.1 Å². The first-order valence-corrected chi connectivity index (χ1v) is 11.5. The number of rotatable bonds is 9. The van der Waals surface area contributed by atoms with Crippen molar-refractivity contribution >= 4 is 29.4 Å². The van der Waals surface area contributed by atoms with E-state index in [2.05, 4.69) is 20.9 Å². The molecule has 0 aliphatic rings. The summed E-state index contributed by atoms with van der Waals surface area (Å²) in [4.78, 5) is 30.3. The lowest BCUT2D eigenvalue weighted by Crippen LogP contribution is -2.50. The maximum atomic E-state index is 12.8. The Kier molecular flexibility index (Phi) is 8.69. The minimum Gasteiger partial charge on any atom is -0.334 e. The number of aromatic nitrogens is 1. The van der Waals surface area contributed by atoms with Crippen LogP contribution in [0.25, 0.3) is 0 Å². The van der Waals surface area contributed by atoms with E-state index in [9.17, 15) is 9.59 Å². The number of carbonyl (C=O) groups is 2. The van der Waals surface area contributed by atoms with E-state index in [4.69, 9.17) is 0 Å². The van der Waals surface area contributed by atoms with Crippen molar-refractivity contribution in [1.82, 2.24) is 15.6 Å². The van der Waals surface area contributed by atoms with E-state index in [0.29, 0.717) is 12.2 Å². The molecule has 7 heteroatoms. The zero-order valence-corrected chi connectivity index (χ0v) is 19.1. The highest BCUT2D eigenvalue weighted by atomic mass is 32.2. The number of amides is 3. The monoisotopic (exact) mass is 448 g/mol. The normalized spacial score (nSPS) is 11.6. The first-order valence-electron chi connectivity index (χ1n) is 10.5. The van der Waals surface area contributed by atoms with E-state index in [0.717, 1.165) is 21.8 Å². The molecule has 1 heterocycles. The molecular formula is C25H28N4O2S. The third-order valence-corrected chi connectivity index (χ3v) is 5.86. The van der Waals surface area contributed by atoms with Gasteiger partial charge in [0.2, 0.25) is 5.91 Å². The van der Waals surface area contributed by atoms with Gasteiger partial charge in [-0.1, -0.05) is 50.2 Å². The Balaban J connectivity index is 1.50. The van der Waals surface area contributed by atoms with Crippen molar-refractivity contribution in [3.8, 4) is 0 Å². The summed E-state index contributed by atoms with van der Waals surface area (Å²) in [5, 5.41) is 8.49. The van der Waals surface area contributed by atoms with Gasteiger partial charge in [0.05, 0.1) is 0 Å². The Morgan fingerprint density at radius 2 is 1.66 bits per heavy atom. The first kappa shape index (κ1) is 23.3. The molecule has 166 valence electrons. The molecule has 1 unspecified atom stereocenters.